The highest BCUT2D eigenvalue weighted by atomic mass is 32.1. The van der Waals surface area contributed by atoms with Gasteiger partial charge in [-0.15, -0.1) is 11.3 Å². The Bertz CT molecular complexity index is 826. The van der Waals surface area contributed by atoms with Crippen LogP contribution in [0.25, 0.3) is 11.4 Å². The third-order valence-corrected chi connectivity index (χ3v) is 6.81. The normalized spacial score (nSPS) is 18.2. The van der Waals surface area contributed by atoms with Gasteiger partial charge < -0.3 is 14.8 Å². The molecule has 3 heterocycles. The Kier molecular flexibility index (Phi) is 5.76. The maximum atomic E-state index is 13.2. The Labute approximate surface area is 172 Å². The zero-order chi connectivity index (χ0) is 19.7. The topological polar surface area (TPSA) is 50.2 Å². The first kappa shape index (κ1) is 19.5. The number of carbonyl (C=O) groups is 1. The van der Waals surface area contributed by atoms with Gasteiger partial charge in [0.1, 0.15) is 0 Å². The van der Waals surface area contributed by atoms with Crippen LogP contribution in [0.1, 0.15) is 80.9 Å². The molecular weight excluding hydrogens is 368 g/mol. The Morgan fingerprint density at radius 1 is 1.18 bits per heavy atom. The van der Waals surface area contributed by atoms with Crippen LogP contribution in [0.3, 0.4) is 0 Å². The van der Waals surface area contributed by atoms with E-state index in [4.69, 9.17) is 4.98 Å². The van der Waals surface area contributed by atoms with E-state index in [9.17, 15) is 4.79 Å². The van der Waals surface area contributed by atoms with E-state index in [2.05, 4.69) is 42.1 Å². The van der Waals surface area contributed by atoms with E-state index in [0.717, 1.165) is 53.7 Å². The van der Waals surface area contributed by atoms with Gasteiger partial charge in [0.05, 0.1) is 17.0 Å². The Morgan fingerprint density at radius 3 is 2.57 bits per heavy atom. The third-order valence-electron chi connectivity index (χ3n) is 6.03. The second-order valence-corrected chi connectivity index (χ2v) is 9.38. The van der Waals surface area contributed by atoms with Gasteiger partial charge in [-0.3, -0.25) is 4.79 Å². The van der Waals surface area contributed by atoms with Crippen molar-refractivity contribution in [3.05, 3.63) is 22.7 Å². The second kappa shape index (κ2) is 8.27. The molecule has 4 rings (SSSR count). The Balaban J connectivity index is 1.73. The molecule has 0 bridgehead atoms. The van der Waals surface area contributed by atoms with Crippen LogP contribution in [0, 0.1) is 6.92 Å². The number of nitrogens with one attached hydrogen (secondary N) is 1. The van der Waals surface area contributed by atoms with Crippen molar-refractivity contribution in [1.29, 1.82) is 0 Å². The third kappa shape index (κ3) is 3.84. The van der Waals surface area contributed by atoms with E-state index in [1.165, 1.54) is 32.1 Å². The second-order valence-electron chi connectivity index (χ2n) is 8.53. The first-order chi connectivity index (χ1) is 13.5. The molecule has 0 unspecified atom stereocenters. The molecular formula is C22H32N4OS. The lowest BCUT2D eigenvalue weighted by molar-refractivity contribution is 0.0792. The molecule has 1 aliphatic carbocycles. The molecule has 1 saturated heterocycles. The zero-order valence-electron chi connectivity index (χ0n) is 17.3. The van der Waals surface area contributed by atoms with Crippen LogP contribution in [0.2, 0.25) is 0 Å². The lowest BCUT2D eigenvalue weighted by Crippen LogP contribution is -2.28. The van der Waals surface area contributed by atoms with Crippen LogP contribution in [0.5, 0.6) is 0 Å². The number of rotatable bonds is 5. The fourth-order valence-corrected chi connectivity index (χ4v) is 5.49. The number of aromatic nitrogens is 2. The first-order valence-electron chi connectivity index (χ1n) is 10.8. The van der Waals surface area contributed by atoms with Crippen molar-refractivity contribution >= 4 is 22.4 Å². The van der Waals surface area contributed by atoms with E-state index in [-0.39, 0.29) is 5.91 Å². The van der Waals surface area contributed by atoms with Crippen LogP contribution in [0.4, 0.5) is 5.13 Å². The van der Waals surface area contributed by atoms with Gasteiger partial charge in [0.25, 0.3) is 5.91 Å². The van der Waals surface area contributed by atoms with Crippen LogP contribution in [-0.4, -0.2) is 39.5 Å². The fraction of sp³-hybridized carbons (Fsp3) is 0.636. The summed E-state index contributed by atoms with van der Waals surface area (Å²) in [7, 11) is 0. The fourth-order valence-electron chi connectivity index (χ4n) is 4.64. The van der Waals surface area contributed by atoms with Gasteiger partial charge in [0, 0.05) is 36.2 Å². The minimum Gasteiger partial charge on any atom is -0.359 e. The Hall–Kier alpha value is -1.82. The number of nitrogens with zero attached hydrogens (tertiary/aromatic N) is 3. The summed E-state index contributed by atoms with van der Waals surface area (Å²) >= 11 is 1.65. The predicted octanol–water partition coefficient (Wildman–Crippen LogP) is 5.48. The molecule has 0 spiro atoms. The summed E-state index contributed by atoms with van der Waals surface area (Å²) in [6.07, 6.45) is 8.50. The van der Waals surface area contributed by atoms with E-state index < -0.39 is 0 Å². The summed E-state index contributed by atoms with van der Waals surface area (Å²) in [5, 5.41) is 6.48. The average Bonchev–Trinajstić information content (AvgIpc) is 3.41. The summed E-state index contributed by atoms with van der Waals surface area (Å²) in [5.74, 6) is 0.196. The quantitative estimate of drug-likeness (QED) is 0.723. The van der Waals surface area contributed by atoms with Crippen molar-refractivity contribution in [2.45, 2.75) is 77.8 Å². The number of anilines is 1. The highest BCUT2D eigenvalue weighted by Gasteiger charge is 2.28. The van der Waals surface area contributed by atoms with Gasteiger partial charge in [-0.05, 0) is 52.5 Å². The molecule has 5 nitrogen and oxygen atoms in total. The highest BCUT2D eigenvalue weighted by Crippen LogP contribution is 2.37. The van der Waals surface area contributed by atoms with Gasteiger partial charge >= 0.3 is 0 Å². The van der Waals surface area contributed by atoms with Crippen molar-refractivity contribution < 1.29 is 4.79 Å². The minimum atomic E-state index is 0.196. The molecule has 1 aliphatic heterocycles. The standard InChI is InChI=1S/C22H32N4OS/c1-15(2)23-22-24-19(14-28-22)20-13-18(21(27)25-11-7-8-12-25)16(3)26(20)17-9-5-4-6-10-17/h13-15,17H,4-12H2,1-3H3,(H,23,24). The van der Waals surface area contributed by atoms with Crippen LogP contribution < -0.4 is 5.32 Å². The number of thiazole rings is 1. The molecule has 2 aromatic rings. The number of hydrogen-bond donors (Lipinski definition) is 1. The number of amides is 1. The lowest BCUT2D eigenvalue weighted by atomic mass is 9.95. The van der Waals surface area contributed by atoms with E-state index in [1.54, 1.807) is 11.3 Å². The van der Waals surface area contributed by atoms with E-state index in [0.29, 0.717) is 12.1 Å². The molecule has 1 amide bonds. The summed E-state index contributed by atoms with van der Waals surface area (Å²) in [6, 6.07) is 2.95. The van der Waals surface area contributed by atoms with Crippen molar-refractivity contribution in [3.8, 4) is 11.4 Å². The first-order valence-corrected chi connectivity index (χ1v) is 11.7. The number of likely N-dealkylation sites (tertiary alicyclic amines) is 1. The van der Waals surface area contributed by atoms with Crippen LogP contribution in [0.15, 0.2) is 11.4 Å². The summed E-state index contributed by atoms with van der Waals surface area (Å²) in [5.41, 5.74) is 4.08. The van der Waals surface area contributed by atoms with Crippen molar-refractivity contribution in [2.24, 2.45) is 0 Å². The maximum absolute atomic E-state index is 13.2. The smallest absolute Gasteiger partial charge is 0.255 e. The maximum Gasteiger partial charge on any atom is 0.255 e. The van der Waals surface area contributed by atoms with Gasteiger partial charge in [-0.2, -0.15) is 0 Å². The van der Waals surface area contributed by atoms with Crippen molar-refractivity contribution in [1.82, 2.24) is 14.5 Å². The summed E-state index contributed by atoms with van der Waals surface area (Å²) in [6.45, 7) is 8.16. The van der Waals surface area contributed by atoms with Crippen molar-refractivity contribution in [2.75, 3.05) is 18.4 Å². The molecule has 152 valence electrons. The molecule has 1 N–H and O–H groups in total. The largest absolute Gasteiger partial charge is 0.359 e. The molecule has 1 saturated carbocycles. The molecule has 2 aliphatic rings. The van der Waals surface area contributed by atoms with Gasteiger partial charge in [-0.25, -0.2) is 4.98 Å². The van der Waals surface area contributed by atoms with Crippen LogP contribution in [-0.2, 0) is 0 Å². The van der Waals surface area contributed by atoms with Crippen molar-refractivity contribution in [3.63, 3.8) is 0 Å². The monoisotopic (exact) mass is 400 g/mol. The summed E-state index contributed by atoms with van der Waals surface area (Å²) in [4.78, 5) is 20.0. The predicted molar refractivity (Wildman–Crippen MR) is 116 cm³/mol. The highest BCUT2D eigenvalue weighted by molar-refractivity contribution is 7.14. The average molecular weight is 401 g/mol. The van der Waals surface area contributed by atoms with Gasteiger partial charge in [0.2, 0.25) is 0 Å². The molecule has 0 atom stereocenters. The summed E-state index contributed by atoms with van der Waals surface area (Å²) < 4.78 is 2.43. The van der Waals surface area contributed by atoms with Gasteiger partial charge in [-0.1, -0.05) is 19.3 Å². The molecule has 6 heteroatoms. The molecule has 0 aromatic carbocycles. The van der Waals surface area contributed by atoms with Gasteiger partial charge in [0.15, 0.2) is 5.13 Å². The molecule has 2 fully saturated rings. The molecule has 2 aromatic heterocycles. The number of hydrogen-bond acceptors (Lipinski definition) is 4. The Morgan fingerprint density at radius 2 is 1.89 bits per heavy atom. The lowest BCUT2D eigenvalue weighted by Gasteiger charge is -2.27. The van der Waals surface area contributed by atoms with Crippen LogP contribution >= 0.6 is 11.3 Å². The van der Waals surface area contributed by atoms with E-state index in [1.807, 2.05) is 4.90 Å². The SMILES string of the molecule is Cc1c(C(=O)N2CCCC2)cc(-c2csc(NC(C)C)n2)n1C1CCCCC1. The zero-order valence-corrected chi connectivity index (χ0v) is 18.1. The minimum absolute atomic E-state index is 0.196. The number of carbonyl (C=O) groups excluding carboxylic acids is 1. The van der Waals surface area contributed by atoms with E-state index >= 15 is 0 Å². The molecule has 28 heavy (non-hydrogen) atoms. The molecule has 0 radical (unpaired) electrons.